The molecule has 0 saturated carbocycles. The smallest absolute Gasteiger partial charge is 0.227 e. The summed E-state index contributed by atoms with van der Waals surface area (Å²) in [5.74, 6) is 3.69. The van der Waals surface area contributed by atoms with Gasteiger partial charge in [-0.25, -0.2) is 30.0 Å². The number of benzene rings is 6. The molecule has 8 aliphatic heterocycles. The zero-order chi connectivity index (χ0) is 99.4. The number of carbonyl (C=O) groups excluding carboxylic acids is 1. The maximum absolute atomic E-state index is 12.1. The Kier molecular flexibility index (Phi) is 38.3. The van der Waals surface area contributed by atoms with Crippen molar-refractivity contribution in [3.05, 3.63) is 289 Å². The molecule has 20 rings (SSSR count). The van der Waals surface area contributed by atoms with Gasteiger partial charge in [0.2, 0.25) is 5.91 Å². The number of thiophene rings is 6. The van der Waals surface area contributed by atoms with Crippen LogP contribution in [0.3, 0.4) is 0 Å². The fraction of sp³-hybridized carbons (Fsp3) is 0.378. The van der Waals surface area contributed by atoms with Crippen molar-refractivity contribution in [1.82, 2.24) is 30.2 Å². The van der Waals surface area contributed by atoms with E-state index in [1.807, 2.05) is 142 Å². The van der Waals surface area contributed by atoms with Gasteiger partial charge in [0.25, 0.3) is 0 Å². The van der Waals surface area contributed by atoms with E-state index < -0.39 is 0 Å². The van der Waals surface area contributed by atoms with Gasteiger partial charge in [0, 0.05) is 138 Å². The van der Waals surface area contributed by atoms with Gasteiger partial charge in [0.1, 0.15) is 35.0 Å². The SMILES string of the molecule is C=C1CCCc2cccc(N=C(N)c3cccs3)c2N1CCN(C)C.CN(C)CCN1CCCc2ccc(N=C(N)c3cccs3)cc21.CN1CCC(N2CCCc3cc(N=C(N)c4cccs4)ccc32)C1.CN1CCC(N2CCc3cc(N=C(N)c4cccs4)ccc32)CC1.CNCCN1C(=O)CCc2cc(N=C(N)c3cccs3)ccc21.CNCCN1CCCCc2cc(N=C(N)c3cccs3)ccc21. The van der Waals surface area contributed by atoms with Gasteiger partial charge in [-0.15, -0.1) is 68.0 Å². The van der Waals surface area contributed by atoms with Gasteiger partial charge in [-0.1, -0.05) is 61.2 Å². The normalized spacial score (nSPS) is 17.1. The molecule has 0 radical (unpaired) electrons. The average molecular weight is 2020 g/mol. The lowest BCUT2D eigenvalue weighted by Gasteiger charge is -2.36. The van der Waals surface area contributed by atoms with E-state index in [9.17, 15) is 4.79 Å². The Morgan fingerprint density at radius 3 is 1.28 bits per heavy atom. The molecule has 6 aromatic heterocycles. The number of nitrogens with zero attached hydrogens (tertiary/aromatic N) is 16. The number of piperidine rings is 1. The summed E-state index contributed by atoms with van der Waals surface area (Å²) in [6.45, 7) is 21.2. The molecule has 12 aromatic rings. The van der Waals surface area contributed by atoms with Gasteiger partial charge >= 0.3 is 0 Å². The Morgan fingerprint density at radius 1 is 0.359 bits per heavy atom. The fourth-order valence-electron chi connectivity index (χ4n) is 19.3. The molecule has 6 aromatic carbocycles. The van der Waals surface area contributed by atoms with Gasteiger partial charge in [0.05, 0.1) is 69.1 Å². The Hall–Kier alpha value is -11.7. The van der Waals surface area contributed by atoms with E-state index in [1.165, 1.54) is 134 Å². The number of fused-ring (bicyclic) bond motifs is 6. The molecule has 25 nitrogen and oxygen atoms in total. The van der Waals surface area contributed by atoms with Crippen molar-refractivity contribution < 1.29 is 4.79 Å². The third-order valence-electron chi connectivity index (χ3n) is 26.8. The number of anilines is 6. The number of carbonyl (C=O) groups is 1. The van der Waals surface area contributed by atoms with Crippen molar-refractivity contribution in [2.45, 2.75) is 115 Å². The number of nitrogens with two attached hydrogens (primary N) is 6. The van der Waals surface area contributed by atoms with E-state index >= 15 is 0 Å². The highest BCUT2D eigenvalue weighted by molar-refractivity contribution is 7.13. The van der Waals surface area contributed by atoms with E-state index in [0.717, 1.165) is 197 Å². The third-order valence-corrected chi connectivity index (χ3v) is 32.2. The molecule has 0 bridgehead atoms. The molecule has 142 heavy (non-hydrogen) atoms. The second-order valence-corrected chi connectivity index (χ2v) is 43.3. The fourth-order valence-corrected chi connectivity index (χ4v) is 23.1. The summed E-state index contributed by atoms with van der Waals surface area (Å²) < 4.78 is 0. The van der Waals surface area contributed by atoms with Crippen molar-refractivity contribution in [3.63, 3.8) is 0 Å². The number of aliphatic imine (C=N–C) groups is 6. The van der Waals surface area contributed by atoms with Gasteiger partial charge in [0.15, 0.2) is 0 Å². The van der Waals surface area contributed by atoms with E-state index in [4.69, 9.17) is 39.4 Å². The molecule has 1 unspecified atom stereocenters. The summed E-state index contributed by atoms with van der Waals surface area (Å²) >= 11 is 9.68. The summed E-state index contributed by atoms with van der Waals surface area (Å²) in [6, 6.07) is 63.7. The molecule has 2 saturated heterocycles. The van der Waals surface area contributed by atoms with Crippen LogP contribution in [0.25, 0.3) is 0 Å². The van der Waals surface area contributed by atoms with Crippen LogP contribution < -0.4 is 74.4 Å². The van der Waals surface area contributed by atoms with Crippen LogP contribution in [0.5, 0.6) is 0 Å². The number of hydrogen-bond donors (Lipinski definition) is 8. The lowest BCUT2D eigenvalue weighted by molar-refractivity contribution is -0.118. The summed E-state index contributed by atoms with van der Waals surface area (Å²) in [7, 11) is 16.8. The number of aryl methyl sites for hydroxylation is 5. The molecular formula is C111H142N24OS6. The van der Waals surface area contributed by atoms with E-state index in [-0.39, 0.29) is 5.91 Å². The maximum atomic E-state index is 12.1. The number of amides is 1. The Bertz CT molecular complexity index is 6240. The number of hydrogen-bond acceptors (Lipinski definition) is 24. The van der Waals surface area contributed by atoms with Gasteiger partial charge in [-0.2, -0.15) is 0 Å². The standard InChI is InChI=1S/C20H26N4S.2C19H24N4S.2C18H24N4S.C17H20N4OS/c1-15-7-4-8-16-9-5-10-17(19(16)24(15)13-12-23(2)3)22-20(21)18-11-6-14-25-18;1-22-10-8-16(13-22)23-9-2-4-14-12-15(6-7-17(14)23)21-19(20)18-5-3-11-24-18;1-22-9-7-16(8-10-22)23-11-6-14-13-15(4-5-17(14)23)21-19(20)18-3-2-12-24-18;1-21(2)10-11-22-9-3-5-14-7-8-15(13-16(14)22)20-18(19)17-6-4-12-23-17;1-20-9-11-22-10-3-2-5-14-13-15(7-8-16(14)22)21-18(19)17-6-4-12-23-17;1-19-8-9-21-14-6-5-13(11-12(14)4-7-16(21)22)20-17(18)15-3-2-10-23-15/h5-6,9-11,14H,1,4,7-8,12-13H2,2-3H3,(H2,21,22);3,5-7,11-12,16H,2,4,8-10,13H2,1H3,(H2,20,21);2-5,12-13,16H,6-11H2,1H3,(H2,20,21);4,6-8,12-13H,3,5,9-11H2,1-2H3,(H2,19,20);4,6-8,12-13,20H,2-3,5,9-11H2,1H3,(H2,19,21);2-3,5-6,10-11,19H,4,7-9H2,1H3,(H2,18,20). The predicted octanol–water partition coefficient (Wildman–Crippen LogP) is 19.0. The van der Waals surface area contributed by atoms with Crippen molar-refractivity contribution >= 4 is 177 Å². The first-order chi connectivity index (χ1) is 69.1. The Labute approximate surface area is 864 Å². The molecule has 0 aliphatic carbocycles. The average Bonchev–Trinajstić information content (AvgIpc) is 1.43. The zero-order valence-electron chi connectivity index (χ0n) is 83.8. The lowest BCUT2D eigenvalue weighted by atomic mass is 9.99. The summed E-state index contributed by atoms with van der Waals surface area (Å²) in [5.41, 5.74) is 59.3. The summed E-state index contributed by atoms with van der Waals surface area (Å²) in [4.78, 5) is 69.6. The van der Waals surface area contributed by atoms with Crippen LogP contribution in [0.15, 0.2) is 257 Å². The van der Waals surface area contributed by atoms with Crippen LogP contribution in [0.4, 0.5) is 68.2 Å². The van der Waals surface area contributed by atoms with E-state index in [2.05, 4.69) is 220 Å². The minimum atomic E-state index is 0.183. The molecule has 14 heterocycles. The number of nitrogens with one attached hydrogen (secondary N) is 2. The number of amidine groups is 6. The molecule has 8 aliphatic rings. The molecule has 14 N–H and O–H groups in total. The second-order valence-electron chi connectivity index (χ2n) is 37.6. The molecule has 748 valence electrons. The molecule has 1 amide bonds. The topological polar surface area (TPSA) is 304 Å². The van der Waals surface area contributed by atoms with Crippen LogP contribution >= 0.6 is 68.0 Å². The first-order valence-electron chi connectivity index (χ1n) is 49.9. The van der Waals surface area contributed by atoms with E-state index in [1.54, 1.807) is 68.0 Å². The highest BCUT2D eigenvalue weighted by Crippen LogP contribution is 2.42. The summed E-state index contributed by atoms with van der Waals surface area (Å²) in [6.07, 6.45) is 17.7. The third kappa shape index (κ3) is 28.7. The monoisotopic (exact) mass is 2020 g/mol. The first kappa shape index (κ1) is 105. The highest BCUT2D eigenvalue weighted by atomic mass is 32.1. The Balaban J connectivity index is 0.000000129. The van der Waals surface area contributed by atoms with Crippen LogP contribution in [-0.4, -0.2) is 234 Å². The second kappa shape index (κ2) is 52.0. The highest BCUT2D eigenvalue weighted by Gasteiger charge is 2.33. The molecule has 2 fully saturated rings. The maximum Gasteiger partial charge on any atom is 0.227 e. The number of para-hydroxylation sites is 1. The van der Waals surface area contributed by atoms with Crippen molar-refractivity contribution in [2.24, 2.45) is 64.4 Å². The largest absolute Gasteiger partial charge is 0.383 e. The molecule has 31 heteroatoms. The van der Waals surface area contributed by atoms with Gasteiger partial charge in [-0.05, 0) is 365 Å². The Morgan fingerprint density at radius 2 is 0.775 bits per heavy atom. The van der Waals surface area contributed by atoms with Crippen molar-refractivity contribution in [3.8, 4) is 0 Å². The number of allylic oxidation sites excluding steroid dienone is 1. The van der Waals surface area contributed by atoms with Gasteiger partial charge in [-0.3, -0.25) is 4.79 Å². The van der Waals surface area contributed by atoms with Crippen LogP contribution in [-0.2, 0) is 43.3 Å². The van der Waals surface area contributed by atoms with E-state index in [0.29, 0.717) is 60.1 Å². The predicted molar refractivity (Wildman–Crippen MR) is 611 cm³/mol. The lowest BCUT2D eigenvalue weighted by Crippen LogP contribution is -2.43. The molecular weight excluding hydrogens is 1880 g/mol. The molecule has 0 spiro atoms. The van der Waals surface area contributed by atoms with Crippen molar-refractivity contribution in [1.29, 1.82) is 0 Å². The van der Waals surface area contributed by atoms with Crippen LogP contribution in [0.1, 0.15) is 127 Å². The quantitative estimate of drug-likeness (QED) is 0.0184. The van der Waals surface area contributed by atoms with Crippen molar-refractivity contribution in [2.75, 3.05) is 190 Å². The van der Waals surface area contributed by atoms with Crippen LogP contribution in [0, 0.1) is 0 Å². The molecule has 1 atom stereocenters. The van der Waals surface area contributed by atoms with Crippen LogP contribution in [0.2, 0.25) is 0 Å². The number of rotatable bonds is 26. The number of likely N-dealkylation sites (tertiary alicyclic amines) is 2. The first-order valence-corrected chi connectivity index (χ1v) is 55.1. The summed E-state index contributed by atoms with van der Waals surface area (Å²) in [5, 5.41) is 18.4. The van der Waals surface area contributed by atoms with Gasteiger partial charge < -0.3 is 94.0 Å². The zero-order valence-corrected chi connectivity index (χ0v) is 88.7. The number of likely N-dealkylation sites (N-methyl/N-ethyl adjacent to an activating group) is 5. The minimum Gasteiger partial charge on any atom is -0.383 e. The minimum absolute atomic E-state index is 0.183.